The van der Waals surface area contributed by atoms with Crippen molar-refractivity contribution >= 4 is 34.6 Å². The van der Waals surface area contributed by atoms with E-state index in [-0.39, 0.29) is 11.3 Å². The van der Waals surface area contributed by atoms with Gasteiger partial charge >= 0.3 is 0 Å². The van der Waals surface area contributed by atoms with E-state index in [4.69, 9.17) is 16.0 Å². The van der Waals surface area contributed by atoms with Gasteiger partial charge in [-0.3, -0.25) is 4.79 Å². The quantitative estimate of drug-likeness (QED) is 0.458. The van der Waals surface area contributed by atoms with Crippen molar-refractivity contribution in [2.45, 2.75) is 13.8 Å². The van der Waals surface area contributed by atoms with Crippen molar-refractivity contribution < 1.29 is 9.21 Å². The predicted octanol–water partition coefficient (Wildman–Crippen LogP) is 3.97. The lowest BCUT2D eigenvalue weighted by Gasteiger charge is -2.25. The summed E-state index contributed by atoms with van der Waals surface area (Å²) in [4.78, 5) is 23.9. The van der Waals surface area contributed by atoms with Crippen LogP contribution in [0.25, 0.3) is 16.8 Å². The number of hydrogen-bond donors (Lipinski definition) is 0. The van der Waals surface area contributed by atoms with Crippen LogP contribution in [0.2, 0.25) is 5.02 Å². The lowest BCUT2D eigenvalue weighted by atomic mass is 9.83. The Balaban J connectivity index is 1.24. The molecule has 0 N–H and O–H groups in total. The van der Waals surface area contributed by atoms with E-state index >= 15 is 0 Å². The zero-order chi connectivity index (χ0) is 22.7. The maximum absolute atomic E-state index is 13.6. The number of aryl methyl sites for hydroxylation is 1. The number of amides is 1. The zero-order valence-electron chi connectivity index (χ0n) is 18.4. The molecule has 0 radical (unpaired) electrons. The first-order valence-corrected chi connectivity index (χ1v) is 11.4. The van der Waals surface area contributed by atoms with Crippen LogP contribution < -0.4 is 4.90 Å². The van der Waals surface area contributed by atoms with E-state index in [0.29, 0.717) is 41.3 Å². The molecule has 2 aliphatic rings. The molecule has 8 nitrogen and oxygen atoms in total. The molecule has 2 aromatic heterocycles. The second-order valence-corrected chi connectivity index (χ2v) is 9.80. The van der Waals surface area contributed by atoms with Gasteiger partial charge in [0.05, 0.1) is 23.6 Å². The Morgan fingerprint density at radius 2 is 1.94 bits per heavy atom. The van der Waals surface area contributed by atoms with Gasteiger partial charge in [0, 0.05) is 42.5 Å². The minimum Gasteiger partial charge on any atom is -0.423 e. The fourth-order valence-corrected chi connectivity index (χ4v) is 5.34. The van der Waals surface area contributed by atoms with Crippen molar-refractivity contribution in [3.05, 3.63) is 64.9 Å². The summed E-state index contributed by atoms with van der Waals surface area (Å²) in [5, 5.41) is 9.09. The van der Waals surface area contributed by atoms with Crippen molar-refractivity contribution in [1.82, 2.24) is 24.9 Å². The molecule has 4 aromatic rings. The second kappa shape index (κ2) is 7.31. The minimum atomic E-state index is -0.0398. The van der Waals surface area contributed by atoms with Crippen molar-refractivity contribution in [1.29, 1.82) is 0 Å². The number of halogens is 1. The van der Waals surface area contributed by atoms with E-state index in [9.17, 15) is 4.79 Å². The van der Waals surface area contributed by atoms with Gasteiger partial charge < -0.3 is 14.2 Å². The lowest BCUT2D eigenvalue weighted by molar-refractivity contribution is 0.0774. The van der Waals surface area contributed by atoms with Gasteiger partial charge in [-0.1, -0.05) is 30.2 Å². The highest BCUT2D eigenvalue weighted by Crippen LogP contribution is 2.44. The van der Waals surface area contributed by atoms with E-state index in [1.54, 1.807) is 18.5 Å². The predicted molar refractivity (Wildman–Crippen MR) is 125 cm³/mol. The Hall–Kier alpha value is -3.39. The molecular formula is C24H23ClN6O2. The van der Waals surface area contributed by atoms with Crippen molar-refractivity contribution in [2.75, 3.05) is 31.1 Å². The molecule has 2 aromatic carbocycles. The number of fused-ring (bicyclic) bond motifs is 2. The summed E-state index contributed by atoms with van der Waals surface area (Å²) in [5.74, 6) is 0.348. The number of carbonyl (C=O) groups excluding carboxylic acids is 1. The summed E-state index contributed by atoms with van der Waals surface area (Å²) in [6, 6.07) is 11.9. The van der Waals surface area contributed by atoms with Crippen molar-refractivity contribution in [2.24, 2.45) is 11.3 Å². The summed E-state index contributed by atoms with van der Waals surface area (Å²) < 4.78 is 5.99. The van der Waals surface area contributed by atoms with Crippen LogP contribution in [0, 0.1) is 18.3 Å². The molecule has 0 saturated carbocycles. The number of likely N-dealkylation sites (tertiary alicyclic amines) is 1. The van der Waals surface area contributed by atoms with Gasteiger partial charge in [0.2, 0.25) is 0 Å². The monoisotopic (exact) mass is 462 g/mol. The average Bonchev–Trinajstić information content (AvgIpc) is 3.55. The molecule has 9 heteroatoms. The topological polar surface area (TPSA) is 80.3 Å². The molecule has 6 rings (SSSR count). The number of hydrogen-bond acceptors (Lipinski definition) is 6. The largest absolute Gasteiger partial charge is 0.423 e. The Labute approximate surface area is 195 Å². The van der Waals surface area contributed by atoms with Gasteiger partial charge in [0.25, 0.3) is 11.9 Å². The van der Waals surface area contributed by atoms with E-state index in [1.165, 1.54) is 4.80 Å². The second-order valence-electron chi connectivity index (χ2n) is 9.36. The third kappa shape index (κ3) is 3.36. The Morgan fingerprint density at radius 3 is 2.73 bits per heavy atom. The van der Waals surface area contributed by atoms with Gasteiger partial charge in [0.1, 0.15) is 5.52 Å². The number of anilines is 1. The Kier molecular flexibility index (Phi) is 4.48. The van der Waals surface area contributed by atoms with Crippen LogP contribution in [-0.2, 0) is 0 Å². The molecule has 2 fully saturated rings. The molecule has 2 aliphatic heterocycles. The molecular weight excluding hydrogens is 440 g/mol. The van der Waals surface area contributed by atoms with Gasteiger partial charge in [0.15, 0.2) is 5.58 Å². The zero-order valence-corrected chi connectivity index (χ0v) is 19.2. The first-order valence-electron chi connectivity index (χ1n) is 11.0. The Morgan fingerprint density at radius 1 is 1.12 bits per heavy atom. The van der Waals surface area contributed by atoms with Gasteiger partial charge in [-0.2, -0.15) is 20.0 Å². The maximum Gasteiger partial charge on any atom is 0.298 e. The number of oxazole rings is 1. The van der Waals surface area contributed by atoms with Gasteiger partial charge in [-0.05, 0) is 37.3 Å². The molecule has 0 spiro atoms. The third-order valence-electron chi connectivity index (χ3n) is 6.88. The summed E-state index contributed by atoms with van der Waals surface area (Å²) in [6.45, 7) is 7.18. The van der Waals surface area contributed by atoms with Crippen LogP contribution >= 0.6 is 11.6 Å². The van der Waals surface area contributed by atoms with E-state index < -0.39 is 0 Å². The molecule has 2 unspecified atom stereocenters. The number of carbonyl (C=O) groups is 1. The number of benzene rings is 2. The summed E-state index contributed by atoms with van der Waals surface area (Å²) in [7, 11) is 0. The van der Waals surface area contributed by atoms with Crippen LogP contribution in [0.5, 0.6) is 0 Å². The van der Waals surface area contributed by atoms with Crippen LogP contribution in [0.1, 0.15) is 22.8 Å². The first kappa shape index (κ1) is 20.2. The number of rotatable bonds is 3. The molecule has 1 amide bonds. The van der Waals surface area contributed by atoms with Crippen molar-refractivity contribution in [3.63, 3.8) is 0 Å². The van der Waals surface area contributed by atoms with Crippen molar-refractivity contribution in [3.8, 4) is 5.69 Å². The van der Waals surface area contributed by atoms with E-state index in [1.807, 2.05) is 42.2 Å². The highest BCUT2D eigenvalue weighted by atomic mass is 35.5. The average molecular weight is 463 g/mol. The Bertz CT molecular complexity index is 1370. The molecule has 33 heavy (non-hydrogen) atoms. The fraction of sp³-hybridized carbons (Fsp3) is 0.333. The summed E-state index contributed by atoms with van der Waals surface area (Å²) >= 11 is 6.10. The summed E-state index contributed by atoms with van der Waals surface area (Å²) in [6.07, 6.45) is 3.23. The fourth-order valence-electron chi connectivity index (χ4n) is 5.17. The number of nitrogens with zero attached hydrogens (tertiary/aromatic N) is 6. The first-order chi connectivity index (χ1) is 15.9. The third-order valence-corrected chi connectivity index (χ3v) is 7.12. The van der Waals surface area contributed by atoms with E-state index in [2.05, 4.69) is 27.0 Å². The lowest BCUT2D eigenvalue weighted by Crippen LogP contribution is -2.36. The standard InChI is InChI=1S/C24H23ClN6O2/c1-15-3-5-20(31-26-7-8-27-31)18(9-15)22(32)29-11-16-12-30(14-24(16,2)13-29)23-28-19-10-17(25)4-6-21(19)33-23/h3-10,16H,11-14H2,1-2H3. The smallest absolute Gasteiger partial charge is 0.298 e. The molecule has 0 bridgehead atoms. The summed E-state index contributed by atoms with van der Waals surface area (Å²) in [5.41, 5.74) is 3.81. The molecule has 0 aliphatic carbocycles. The van der Waals surface area contributed by atoms with Crippen LogP contribution in [0.4, 0.5) is 6.01 Å². The highest BCUT2D eigenvalue weighted by Gasteiger charge is 2.51. The van der Waals surface area contributed by atoms with Crippen LogP contribution in [0.3, 0.4) is 0 Å². The van der Waals surface area contributed by atoms with Gasteiger partial charge in [-0.25, -0.2) is 0 Å². The minimum absolute atomic E-state index is 0.0182. The highest BCUT2D eigenvalue weighted by molar-refractivity contribution is 6.31. The van der Waals surface area contributed by atoms with Gasteiger partial charge in [-0.15, -0.1) is 0 Å². The van der Waals surface area contributed by atoms with Crippen LogP contribution in [0.15, 0.2) is 53.2 Å². The number of aromatic nitrogens is 4. The van der Waals surface area contributed by atoms with E-state index in [0.717, 1.165) is 29.8 Å². The van der Waals surface area contributed by atoms with Crippen LogP contribution in [-0.4, -0.2) is 57.0 Å². The maximum atomic E-state index is 13.6. The molecule has 2 saturated heterocycles. The SMILES string of the molecule is Cc1ccc(-n2nccn2)c(C(=O)N2CC3CN(c4nc5cc(Cl)ccc5o4)CC3(C)C2)c1. The normalized spacial score (nSPS) is 22.3. The molecule has 168 valence electrons. The molecule has 4 heterocycles. The molecule has 2 atom stereocenters.